The molecular formula is C27H43N3O6. The Morgan fingerprint density at radius 3 is 2.14 bits per heavy atom. The molecule has 36 heavy (non-hydrogen) atoms. The lowest BCUT2D eigenvalue weighted by atomic mass is 9.98. The topological polar surface area (TPSA) is 114 Å². The van der Waals surface area contributed by atoms with Gasteiger partial charge in [-0.15, -0.1) is 0 Å². The van der Waals surface area contributed by atoms with Gasteiger partial charge in [-0.2, -0.15) is 0 Å². The zero-order valence-corrected chi connectivity index (χ0v) is 23.0. The number of hydrogen-bond acceptors (Lipinski definition) is 6. The van der Waals surface area contributed by atoms with Gasteiger partial charge in [-0.3, -0.25) is 14.4 Å². The average Bonchev–Trinajstić information content (AvgIpc) is 2.79. The molecule has 1 rings (SSSR count). The minimum Gasteiger partial charge on any atom is -0.468 e. The van der Waals surface area contributed by atoms with Crippen LogP contribution in [-0.4, -0.2) is 60.6 Å². The summed E-state index contributed by atoms with van der Waals surface area (Å²) >= 11 is 0. The Bertz CT molecular complexity index is 876. The van der Waals surface area contributed by atoms with E-state index in [4.69, 9.17) is 4.74 Å². The summed E-state index contributed by atoms with van der Waals surface area (Å²) in [6, 6.07) is 5.41. The molecule has 0 heterocycles. The molecule has 2 unspecified atom stereocenters. The van der Waals surface area contributed by atoms with Crippen molar-refractivity contribution in [1.82, 2.24) is 15.5 Å². The highest BCUT2D eigenvalue weighted by atomic mass is 16.6. The summed E-state index contributed by atoms with van der Waals surface area (Å²) in [7, 11) is 1.24. The molecule has 0 fully saturated rings. The van der Waals surface area contributed by atoms with Crippen molar-refractivity contribution in [3.8, 4) is 0 Å². The van der Waals surface area contributed by atoms with Crippen LogP contribution in [0, 0.1) is 12.8 Å². The molecule has 1 aromatic carbocycles. The van der Waals surface area contributed by atoms with Crippen LogP contribution in [-0.2, 0) is 23.9 Å². The monoisotopic (exact) mass is 505 g/mol. The smallest absolute Gasteiger partial charge is 0.408 e. The molecule has 0 aliphatic rings. The number of hydrogen-bond donors (Lipinski definition) is 2. The fourth-order valence-corrected chi connectivity index (χ4v) is 3.58. The van der Waals surface area contributed by atoms with Crippen molar-refractivity contribution < 1.29 is 28.7 Å². The van der Waals surface area contributed by atoms with E-state index < -0.39 is 41.6 Å². The Kier molecular flexibility index (Phi) is 12.4. The molecule has 202 valence electrons. The van der Waals surface area contributed by atoms with E-state index in [-0.39, 0.29) is 12.5 Å². The predicted octanol–water partition coefficient (Wildman–Crippen LogP) is 3.89. The second-order valence-corrected chi connectivity index (χ2v) is 10.2. The van der Waals surface area contributed by atoms with Gasteiger partial charge in [0.1, 0.15) is 24.2 Å². The first-order valence-electron chi connectivity index (χ1n) is 12.5. The van der Waals surface area contributed by atoms with Crippen molar-refractivity contribution in [3.05, 3.63) is 35.4 Å². The molecule has 0 radical (unpaired) electrons. The molecule has 0 saturated heterocycles. The highest BCUT2D eigenvalue weighted by Crippen LogP contribution is 2.25. The molecule has 9 heteroatoms. The van der Waals surface area contributed by atoms with Gasteiger partial charge in [-0.05, 0) is 45.6 Å². The van der Waals surface area contributed by atoms with Crippen molar-refractivity contribution in [2.75, 3.05) is 20.2 Å². The number of carbonyl (C=O) groups is 4. The van der Waals surface area contributed by atoms with E-state index in [1.54, 1.807) is 32.9 Å². The molecule has 0 spiro atoms. The molecule has 0 aromatic heterocycles. The Morgan fingerprint density at radius 1 is 1.03 bits per heavy atom. The van der Waals surface area contributed by atoms with Crippen LogP contribution in [0.2, 0.25) is 0 Å². The fourth-order valence-electron chi connectivity index (χ4n) is 3.58. The van der Waals surface area contributed by atoms with Crippen LogP contribution in [0.15, 0.2) is 24.3 Å². The highest BCUT2D eigenvalue weighted by molar-refractivity contribution is 5.93. The second kappa shape index (κ2) is 14.5. The third-order valence-electron chi connectivity index (χ3n) is 5.48. The summed E-state index contributed by atoms with van der Waals surface area (Å²) in [5.74, 6) is -1.77. The average molecular weight is 506 g/mol. The molecular weight excluding hydrogens is 462 g/mol. The van der Waals surface area contributed by atoms with Gasteiger partial charge in [0.05, 0.1) is 7.11 Å². The number of unbranched alkanes of at least 4 members (excludes halogenated alkanes) is 2. The number of alkyl carbamates (subject to hydrolysis) is 1. The maximum Gasteiger partial charge on any atom is 0.408 e. The lowest BCUT2D eigenvalue weighted by Crippen LogP contribution is -2.55. The maximum atomic E-state index is 13.9. The molecule has 2 atom stereocenters. The van der Waals surface area contributed by atoms with Crippen LogP contribution in [0.3, 0.4) is 0 Å². The Balaban J connectivity index is 3.43. The minimum absolute atomic E-state index is 0.268. The van der Waals surface area contributed by atoms with Gasteiger partial charge in [-0.1, -0.05) is 63.4 Å². The van der Waals surface area contributed by atoms with Crippen LogP contribution >= 0.6 is 0 Å². The number of methoxy groups -OCH3 is 1. The first kappa shape index (κ1) is 30.9. The number of esters is 1. The van der Waals surface area contributed by atoms with E-state index in [0.29, 0.717) is 18.5 Å². The zero-order chi connectivity index (χ0) is 27.5. The Labute approximate surface area is 215 Å². The molecule has 0 aliphatic heterocycles. The summed E-state index contributed by atoms with van der Waals surface area (Å²) in [5, 5.41) is 5.29. The van der Waals surface area contributed by atoms with Crippen molar-refractivity contribution >= 4 is 23.9 Å². The minimum atomic E-state index is -0.999. The third-order valence-corrected chi connectivity index (χ3v) is 5.48. The quantitative estimate of drug-likeness (QED) is 0.329. The lowest BCUT2D eigenvalue weighted by Gasteiger charge is -2.35. The number of benzene rings is 1. The van der Waals surface area contributed by atoms with E-state index in [1.807, 2.05) is 39.8 Å². The van der Waals surface area contributed by atoms with Crippen LogP contribution in [0.25, 0.3) is 0 Å². The number of rotatable bonds is 12. The van der Waals surface area contributed by atoms with E-state index in [9.17, 15) is 19.2 Å². The van der Waals surface area contributed by atoms with Crippen molar-refractivity contribution in [2.45, 2.75) is 85.4 Å². The molecule has 0 saturated carbocycles. The molecule has 2 N–H and O–H groups in total. The molecule has 0 bridgehead atoms. The normalized spacial score (nSPS) is 12.9. The maximum absolute atomic E-state index is 13.9. The molecule has 3 amide bonds. The van der Waals surface area contributed by atoms with E-state index in [2.05, 4.69) is 15.4 Å². The molecule has 9 nitrogen and oxygen atoms in total. The van der Waals surface area contributed by atoms with E-state index in [1.165, 1.54) is 12.0 Å². The predicted molar refractivity (Wildman–Crippen MR) is 138 cm³/mol. The number of ether oxygens (including phenoxy) is 2. The van der Waals surface area contributed by atoms with Gasteiger partial charge >= 0.3 is 12.1 Å². The van der Waals surface area contributed by atoms with Crippen LogP contribution in [0.4, 0.5) is 4.79 Å². The summed E-state index contributed by atoms with van der Waals surface area (Å²) in [5.41, 5.74) is 0.879. The summed E-state index contributed by atoms with van der Waals surface area (Å²) in [6.07, 6.45) is 1.76. The molecule has 0 aliphatic carbocycles. The fraction of sp³-hybridized carbons (Fsp3) is 0.630. The van der Waals surface area contributed by atoms with Crippen molar-refractivity contribution in [3.63, 3.8) is 0 Å². The summed E-state index contributed by atoms with van der Waals surface area (Å²) < 4.78 is 10.0. The first-order valence-corrected chi connectivity index (χ1v) is 12.5. The van der Waals surface area contributed by atoms with Crippen LogP contribution in [0.5, 0.6) is 0 Å². The molecule has 1 aromatic rings. The summed E-state index contributed by atoms with van der Waals surface area (Å²) in [6.45, 7) is 12.8. The number of aryl methyl sites for hydroxylation is 1. The summed E-state index contributed by atoms with van der Waals surface area (Å²) in [4.78, 5) is 53.1. The Morgan fingerprint density at radius 2 is 1.64 bits per heavy atom. The van der Waals surface area contributed by atoms with Gasteiger partial charge in [0, 0.05) is 6.54 Å². The number of carbonyl (C=O) groups excluding carboxylic acids is 4. The van der Waals surface area contributed by atoms with Gasteiger partial charge in [0.25, 0.3) is 0 Å². The van der Waals surface area contributed by atoms with E-state index in [0.717, 1.165) is 18.4 Å². The van der Waals surface area contributed by atoms with E-state index >= 15 is 0 Å². The van der Waals surface area contributed by atoms with Gasteiger partial charge < -0.3 is 25.0 Å². The van der Waals surface area contributed by atoms with Crippen LogP contribution < -0.4 is 10.6 Å². The third kappa shape index (κ3) is 10.3. The largest absolute Gasteiger partial charge is 0.468 e. The highest BCUT2D eigenvalue weighted by Gasteiger charge is 2.37. The number of nitrogens with zero attached hydrogens (tertiary/aromatic N) is 1. The van der Waals surface area contributed by atoms with Crippen LogP contribution in [0.1, 0.15) is 78.0 Å². The lowest BCUT2D eigenvalue weighted by molar-refractivity contribution is -0.145. The van der Waals surface area contributed by atoms with Crippen molar-refractivity contribution in [2.24, 2.45) is 5.92 Å². The SMILES string of the molecule is CCCCCN(C(=O)C(NC(=O)OC(C)(C)C)C(C)C)C(C(=O)NCC(=O)OC)c1ccc(C)cc1. The number of nitrogens with one attached hydrogen (secondary N) is 2. The van der Waals surface area contributed by atoms with Gasteiger partial charge in [0.15, 0.2) is 0 Å². The zero-order valence-electron chi connectivity index (χ0n) is 23.0. The number of amides is 3. The van der Waals surface area contributed by atoms with Gasteiger partial charge in [0.2, 0.25) is 11.8 Å². The van der Waals surface area contributed by atoms with Gasteiger partial charge in [-0.25, -0.2) is 4.79 Å². The first-order chi connectivity index (χ1) is 16.8. The standard InChI is InChI=1S/C27H43N3O6/c1-9-10-11-16-30(25(33)22(18(2)3)29-26(34)36-27(5,6)7)23(20-14-12-19(4)13-15-20)24(32)28-17-21(31)35-8/h12-15,18,22-23H,9-11,16-17H2,1-8H3,(H,28,32)(H,29,34). The Hall–Kier alpha value is -3.10. The van der Waals surface area contributed by atoms with Crippen molar-refractivity contribution in [1.29, 1.82) is 0 Å². The second-order valence-electron chi connectivity index (χ2n) is 10.2.